The van der Waals surface area contributed by atoms with Gasteiger partial charge in [0.05, 0.1) is 18.8 Å². The van der Waals surface area contributed by atoms with Crippen molar-refractivity contribution in [3.8, 4) is 5.88 Å². The fourth-order valence-corrected chi connectivity index (χ4v) is 2.78. The van der Waals surface area contributed by atoms with Crippen molar-refractivity contribution in [2.75, 3.05) is 18.1 Å². The van der Waals surface area contributed by atoms with Crippen LogP contribution in [0, 0.1) is 5.82 Å². The minimum atomic E-state index is -0.444. The summed E-state index contributed by atoms with van der Waals surface area (Å²) in [5.74, 6) is 0.936. The lowest BCUT2D eigenvalue weighted by atomic mass is 10.0. The summed E-state index contributed by atoms with van der Waals surface area (Å²) >= 11 is 0. The quantitative estimate of drug-likeness (QED) is 0.939. The molecule has 1 aromatic heterocycles. The molecule has 2 heterocycles. The summed E-state index contributed by atoms with van der Waals surface area (Å²) in [5, 5.41) is 10.0. The summed E-state index contributed by atoms with van der Waals surface area (Å²) in [6.07, 6.45) is 1.59. The molecule has 0 unspecified atom stereocenters. The average molecular weight is 303 g/mol. The number of aliphatic hydroxyl groups is 1. The van der Waals surface area contributed by atoms with Gasteiger partial charge in [-0.25, -0.2) is 14.4 Å². The predicted octanol–water partition coefficient (Wildman–Crippen LogP) is 2.33. The van der Waals surface area contributed by atoms with Gasteiger partial charge in [-0.05, 0) is 31.0 Å². The smallest absolute Gasteiger partial charge is 0.218 e. The Kier molecular flexibility index (Phi) is 4.20. The molecule has 1 aliphatic heterocycles. The number of rotatable bonds is 4. The molecule has 0 aliphatic carbocycles. The zero-order valence-corrected chi connectivity index (χ0v) is 12.3. The first-order valence-corrected chi connectivity index (χ1v) is 7.32. The van der Waals surface area contributed by atoms with Crippen molar-refractivity contribution < 1.29 is 14.2 Å². The molecule has 22 heavy (non-hydrogen) atoms. The van der Waals surface area contributed by atoms with Gasteiger partial charge in [-0.2, -0.15) is 0 Å². The van der Waals surface area contributed by atoms with Crippen molar-refractivity contribution in [3.05, 3.63) is 48.0 Å². The molecule has 0 amide bonds. The van der Waals surface area contributed by atoms with Crippen LogP contribution in [0.25, 0.3) is 0 Å². The molecule has 6 heteroatoms. The molecule has 0 spiro atoms. The van der Waals surface area contributed by atoms with E-state index in [2.05, 4.69) is 9.97 Å². The summed E-state index contributed by atoms with van der Waals surface area (Å²) in [6, 6.07) is 8.08. The number of aromatic nitrogens is 2. The SMILES string of the molecule is CCOc1cc(N2C[C@H](O)C[C@@H]2c2ccc(F)cc2)ncn1. The molecular formula is C16H18FN3O2. The van der Waals surface area contributed by atoms with Gasteiger partial charge in [0.1, 0.15) is 18.0 Å². The van der Waals surface area contributed by atoms with Gasteiger partial charge >= 0.3 is 0 Å². The van der Waals surface area contributed by atoms with Gasteiger partial charge in [-0.1, -0.05) is 12.1 Å². The number of hydrogen-bond acceptors (Lipinski definition) is 5. The van der Waals surface area contributed by atoms with E-state index in [0.717, 1.165) is 5.56 Å². The third-order valence-electron chi connectivity index (χ3n) is 3.75. The zero-order valence-electron chi connectivity index (χ0n) is 12.3. The molecule has 1 N–H and O–H groups in total. The van der Waals surface area contributed by atoms with Crippen molar-refractivity contribution >= 4 is 5.82 Å². The Labute approximate surface area is 128 Å². The second-order valence-electron chi connectivity index (χ2n) is 5.26. The topological polar surface area (TPSA) is 58.5 Å². The number of anilines is 1. The molecule has 2 aromatic rings. The number of aliphatic hydroxyl groups excluding tert-OH is 1. The van der Waals surface area contributed by atoms with Gasteiger partial charge in [0, 0.05) is 12.6 Å². The Morgan fingerprint density at radius 1 is 1.32 bits per heavy atom. The van der Waals surface area contributed by atoms with E-state index >= 15 is 0 Å². The third-order valence-corrected chi connectivity index (χ3v) is 3.75. The van der Waals surface area contributed by atoms with Gasteiger partial charge in [-0.15, -0.1) is 0 Å². The van der Waals surface area contributed by atoms with E-state index in [1.807, 2.05) is 11.8 Å². The molecule has 1 saturated heterocycles. The van der Waals surface area contributed by atoms with Crippen LogP contribution in [0.15, 0.2) is 36.7 Å². The lowest BCUT2D eigenvalue weighted by molar-refractivity contribution is 0.194. The molecule has 1 fully saturated rings. The maximum Gasteiger partial charge on any atom is 0.218 e. The van der Waals surface area contributed by atoms with Crippen LogP contribution >= 0.6 is 0 Å². The van der Waals surface area contributed by atoms with E-state index in [-0.39, 0.29) is 11.9 Å². The second kappa shape index (κ2) is 6.27. The molecule has 5 nitrogen and oxygen atoms in total. The summed E-state index contributed by atoms with van der Waals surface area (Å²) in [7, 11) is 0. The molecule has 3 rings (SSSR count). The fraction of sp³-hybridized carbons (Fsp3) is 0.375. The molecule has 1 aromatic carbocycles. The van der Waals surface area contributed by atoms with E-state index in [1.54, 1.807) is 18.2 Å². The minimum absolute atomic E-state index is 0.0417. The lowest BCUT2D eigenvalue weighted by Crippen LogP contribution is -2.25. The van der Waals surface area contributed by atoms with E-state index in [9.17, 15) is 9.50 Å². The first-order chi connectivity index (χ1) is 10.7. The Morgan fingerprint density at radius 3 is 2.82 bits per heavy atom. The number of ether oxygens (including phenoxy) is 1. The van der Waals surface area contributed by atoms with Crippen LogP contribution in [0.1, 0.15) is 24.9 Å². The van der Waals surface area contributed by atoms with Crippen LogP contribution < -0.4 is 9.64 Å². The molecule has 0 radical (unpaired) electrons. The van der Waals surface area contributed by atoms with Crippen LogP contribution in [0.3, 0.4) is 0 Å². The Balaban J connectivity index is 1.90. The largest absolute Gasteiger partial charge is 0.478 e. The predicted molar refractivity (Wildman–Crippen MR) is 80.3 cm³/mol. The van der Waals surface area contributed by atoms with Gasteiger partial charge in [0.2, 0.25) is 5.88 Å². The first kappa shape index (κ1) is 14.7. The maximum atomic E-state index is 13.1. The molecule has 1 aliphatic rings. The number of β-amino-alcohol motifs (C(OH)–C–C–N with tert-alkyl or cyclic N) is 1. The summed E-state index contributed by atoms with van der Waals surface area (Å²) in [6.45, 7) is 2.90. The number of nitrogens with zero attached hydrogens (tertiary/aromatic N) is 3. The van der Waals surface area contributed by atoms with Crippen LogP contribution in [0.4, 0.5) is 10.2 Å². The minimum Gasteiger partial charge on any atom is -0.478 e. The monoisotopic (exact) mass is 303 g/mol. The molecular weight excluding hydrogens is 285 g/mol. The van der Waals surface area contributed by atoms with E-state index in [4.69, 9.17) is 4.74 Å². The van der Waals surface area contributed by atoms with Crippen LogP contribution in [-0.2, 0) is 0 Å². The molecule has 0 bridgehead atoms. The maximum absolute atomic E-state index is 13.1. The fourth-order valence-electron chi connectivity index (χ4n) is 2.78. The standard InChI is InChI=1S/C16H18FN3O2/c1-2-22-16-8-15(18-10-19-16)20-9-13(21)7-14(20)11-3-5-12(17)6-4-11/h3-6,8,10,13-14,21H,2,7,9H2,1H3/t13-,14-/m1/s1. The van der Waals surface area contributed by atoms with Gasteiger partial charge in [-0.3, -0.25) is 0 Å². The highest BCUT2D eigenvalue weighted by Crippen LogP contribution is 2.36. The van der Waals surface area contributed by atoms with Gasteiger partial charge < -0.3 is 14.7 Å². The number of benzene rings is 1. The lowest BCUT2D eigenvalue weighted by Gasteiger charge is -2.25. The Hall–Kier alpha value is -2.21. The number of halogens is 1. The van der Waals surface area contributed by atoms with Crippen LogP contribution in [0.2, 0.25) is 0 Å². The second-order valence-corrected chi connectivity index (χ2v) is 5.26. The molecule has 2 atom stereocenters. The summed E-state index contributed by atoms with van der Waals surface area (Å²) < 4.78 is 18.5. The van der Waals surface area contributed by atoms with Crippen molar-refractivity contribution in [2.24, 2.45) is 0 Å². The van der Waals surface area contributed by atoms with Gasteiger partial charge in [0.15, 0.2) is 0 Å². The highest BCUT2D eigenvalue weighted by atomic mass is 19.1. The highest BCUT2D eigenvalue weighted by Gasteiger charge is 2.33. The van der Waals surface area contributed by atoms with E-state index < -0.39 is 6.10 Å². The van der Waals surface area contributed by atoms with Crippen LogP contribution in [-0.4, -0.2) is 34.3 Å². The summed E-state index contributed by atoms with van der Waals surface area (Å²) in [5.41, 5.74) is 0.953. The zero-order chi connectivity index (χ0) is 15.5. The van der Waals surface area contributed by atoms with Crippen molar-refractivity contribution in [1.82, 2.24) is 9.97 Å². The highest BCUT2D eigenvalue weighted by molar-refractivity contribution is 5.46. The Bertz CT molecular complexity index is 636. The van der Waals surface area contributed by atoms with Crippen molar-refractivity contribution in [3.63, 3.8) is 0 Å². The van der Waals surface area contributed by atoms with E-state index in [0.29, 0.717) is 31.3 Å². The number of hydrogen-bond donors (Lipinski definition) is 1. The van der Waals surface area contributed by atoms with Crippen molar-refractivity contribution in [1.29, 1.82) is 0 Å². The average Bonchev–Trinajstić information content (AvgIpc) is 2.91. The van der Waals surface area contributed by atoms with Gasteiger partial charge in [0.25, 0.3) is 0 Å². The van der Waals surface area contributed by atoms with Crippen molar-refractivity contribution in [2.45, 2.75) is 25.5 Å². The normalized spacial score (nSPS) is 21.1. The first-order valence-electron chi connectivity index (χ1n) is 7.32. The molecule has 0 saturated carbocycles. The van der Waals surface area contributed by atoms with E-state index in [1.165, 1.54) is 18.5 Å². The summed E-state index contributed by atoms with van der Waals surface area (Å²) in [4.78, 5) is 10.3. The Morgan fingerprint density at radius 2 is 2.09 bits per heavy atom. The molecule has 116 valence electrons. The third kappa shape index (κ3) is 3.01. The van der Waals surface area contributed by atoms with Crippen LogP contribution in [0.5, 0.6) is 5.88 Å².